The number of amides is 1. The number of nitrogens with two attached hydrogens (primary N) is 1. The van der Waals surface area contributed by atoms with Gasteiger partial charge in [-0.25, -0.2) is 4.68 Å². The zero-order valence-electron chi connectivity index (χ0n) is 13.5. The van der Waals surface area contributed by atoms with Crippen LogP contribution in [0.15, 0.2) is 59.4 Å². The van der Waals surface area contributed by atoms with Crippen molar-refractivity contribution in [3.63, 3.8) is 0 Å². The highest BCUT2D eigenvalue weighted by Crippen LogP contribution is 2.18. The summed E-state index contributed by atoms with van der Waals surface area (Å²) in [5, 5.41) is 2.71. The lowest BCUT2D eigenvalue weighted by molar-refractivity contribution is 0.102. The minimum atomic E-state index is -0.472. The first-order chi connectivity index (χ1) is 11.5. The molecule has 0 radical (unpaired) electrons. The Morgan fingerprint density at radius 1 is 1.04 bits per heavy atom. The third-order valence-corrected chi connectivity index (χ3v) is 3.99. The van der Waals surface area contributed by atoms with E-state index in [1.807, 2.05) is 30.3 Å². The molecule has 1 heterocycles. The molecule has 0 unspecified atom stereocenters. The van der Waals surface area contributed by atoms with E-state index in [9.17, 15) is 9.59 Å². The van der Waals surface area contributed by atoms with Crippen LogP contribution in [0.5, 0.6) is 0 Å². The van der Waals surface area contributed by atoms with Crippen LogP contribution in [-0.4, -0.2) is 15.3 Å². The molecule has 0 aliphatic rings. The van der Waals surface area contributed by atoms with Crippen LogP contribution < -0.4 is 16.6 Å². The summed E-state index contributed by atoms with van der Waals surface area (Å²) in [6, 6.07) is 16.1. The Bertz CT molecular complexity index is 955. The van der Waals surface area contributed by atoms with Crippen molar-refractivity contribution >= 4 is 17.3 Å². The Labute approximate surface area is 139 Å². The van der Waals surface area contributed by atoms with Gasteiger partial charge in [-0.15, -0.1) is 0 Å². The molecule has 122 valence electrons. The maximum atomic E-state index is 12.8. The molecule has 0 aliphatic carbocycles. The van der Waals surface area contributed by atoms with Crippen molar-refractivity contribution in [2.75, 3.05) is 11.1 Å². The third kappa shape index (κ3) is 2.58. The van der Waals surface area contributed by atoms with Gasteiger partial charge < -0.3 is 11.1 Å². The quantitative estimate of drug-likeness (QED) is 0.726. The normalized spacial score (nSPS) is 10.6. The molecule has 3 N–H and O–H groups in total. The molecule has 0 atom stereocenters. The average Bonchev–Trinajstić information content (AvgIpc) is 2.80. The molecular weight excluding hydrogens is 304 g/mol. The molecule has 6 heteroatoms. The first-order valence-electron chi connectivity index (χ1n) is 7.50. The summed E-state index contributed by atoms with van der Waals surface area (Å²) < 4.78 is 3.14. The predicted octanol–water partition coefficient (Wildman–Crippen LogP) is 2.32. The van der Waals surface area contributed by atoms with Crippen LogP contribution in [0, 0.1) is 6.92 Å². The number of anilines is 2. The van der Waals surface area contributed by atoms with Gasteiger partial charge in [0.15, 0.2) is 0 Å². The maximum absolute atomic E-state index is 12.8. The van der Waals surface area contributed by atoms with Crippen LogP contribution in [0.25, 0.3) is 5.69 Å². The second-order valence-electron chi connectivity index (χ2n) is 5.48. The smallest absolute Gasteiger partial charge is 0.284 e. The summed E-state index contributed by atoms with van der Waals surface area (Å²) in [6.45, 7) is 1.74. The fraction of sp³-hybridized carbons (Fsp3) is 0.111. The van der Waals surface area contributed by atoms with Crippen molar-refractivity contribution < 1.29 is 4.79 Å². The first-order valence-corrected chi connectivity index (χ1v) is 7.50. The average molecular weight is 322 g/mol. The predicted molar refractivity (Wildman–Crippen MR) is 94.6 cm³/mol. The summed E-state index contributed by atoms with van der Waals surface area (Å²) in [6.07, 6.45) is 0. The van der Waals surface area contributed by atoms with Crippen LogP contribution >= 0.6 is 0 Å². The lowest BCUT2D eigenvalue weighted by Gasteiger charge is -2.07. The number of hydrogen-bond donors (Lipinski definition) is 2. The molecule has 6 nitrogen and oxygen atoms in total. The van der Waals surface area contributed by atoms with E-state index in [-0.39, 0.29) is 11.1 Å². The lowest BCUT2D eigenvalue weighted by Crippen LogP contribution is -2.25. The summed E-state index contributed by atoms with van der Waals surface area (Å²) >= 11 is 0. The molecule has 2 aromatic carbocycles. The fourth-order valence-corrected chi connectivity index (χ4v) is 2.63. The summed E-state index contributed by atoms with van der Waals surface area (Å²) in [5.74, 6) is -0.472. The Hall–Kier alpha value is -3.28. The van der Waals surface area contributed by atoms with E-state index < -0.39 is 5.91 Å². The molecule has 24 heavy (non-hydrogen) atoms. The third-order valence-electron chi connectivity index (χ3n) is 3.99. The number of hydrogen-bond acceptors (Lipinski definition) is 3. The second-order valence-corrected chi connectivity index (χ2v) is 5.48. The van der Waals surface area contributed by atoms with Crippen LogP contribution in [0.1, 0.15) is 16.1 Å². The number of rotatable bonds is 3. The molecule has 1 aromatic heterocycles. The van der Waals surface area contributed by atoms with E-state index >= 15 is 0 Å². The Balaban J connectivity index is 2.05. The van der Waals surface area contributed by atoms with E-state index in [4.69, 9.17) is 5.73 Å². The molecule has 0 spiro atoms. The molecule has 3 aromatic rings. The van der Waals surface area contributed by atoms with Crippen molar-refractivity contribution in [3.8, 4) is 5.69 Å². The summed E-state index contributed by atoms with van der Waals surface area (Å²) in [5.41, 5.74) is 7.79. The van der Waals surface area contributed by atoms with Crippen molar-refractivity contribution in [1.82, 2.24) is 9.36 Å². The molecule has 0 saturated carbocycles. The van der Waals surface area contributed by atoms with E-state index in [2.05, 4.69) is 5.32 Å². The number of para-hydroxylation sites is 3. The second kappa shape index (κ2) is 6.08. The number of carbonyl (C=O) groups is 1. The Kier molecular flexibility index (Phi) is 3.95. The summed E-state index contributed by atoms with van der Waals surface area (Å²) in [4.78, 5) is 25.4. The van der Waals surface area contributed by atoms with Gasteiger partial charge in [0.1, 0.15) is 5.56 Å². The largest absolute Gasteiger partial charge is 0.397 e. The molecule has 0 fully saturated rings. The van der Waals surface area contributed by atoms with Gasteiger partial charge in [0, 0.05) is 7.05 Å². The minimum absolute atomic E-state index is 0.101. The Morgan fingerprint density at radius 2 is 1.67 bits per heavy atom. The molecule has 0 bridgehead atoms. The number of nitrogens with zero attached hydrogens (tertiary/aromatic N) is 2. The fourth-order valence-electron chi connectivity index (χ4n) is 2.63. The van der Waals surface area contributed by atoms with Crippen molar-refractivity contribution in [2.24, 2.45) is 7.05 Å². The van der Waals surface area contributed by atoms with Crippen LogP contribution in [0.2, 0.25) is 0 Å². The number of nitrogens with one attached hydrogen (secondary N) is 1. The number of benzene rings is 2. The lowest BCUT2D eigenvalue weighted by atomic mass is 10.2. The van der Waals surface area contributed by atoms with Gasteiger partial charge >= 0.3 is 0 Å². The minimum Gasteiger partial charge on any atom is -0.397 e. The highest BCUT2D eigenvalue weighted by atomic mass is 16.2. The molecule has 3 rings (SSSR count). The number of carbonyl (C=O) groups excluding carboxylic acids is 1. The molecule has 0 saturated heterocycles. The summed E-state index contributed by atoms with van der Waals surface area (Å²) in [7, 11) is 1.75. The monoisotopic (exact) mass is 322 g/mol. The molecule has 1 amide bonds. The van der Waals surface area contributed by atoms with Gasteiger partial charge in [-0.2, -0.15) is 0 Å². The van der Waals surface area contributed by atoms with E-state index in [1.54, 1.807) is 42.9 Å². The van der Waals surface area contributed by atoms with Crippen LogP contribution in [-0.2, 0) is 7.05 Å². The van der Waals surface area contributed by atoms with Crippen LogP contribution in [0.4, 0.5) is 11.4 Å². The molecule has 0 aliphatic heterocycles. The van der Waals surface area contributed by atoms with Gasteiger partial charge in [0.2, 0.25) is 0 Å². The van der Waals surface area contributed by atoms with Gasteiger partial charge in [0.25, 0.3) is 11.5 Å². The van der Waals surface area contributed by atoms with Gasteiger partial charge in [-0.1, -0.05) is 30.3 Å². The van der Waals surface area contributed by atoms with E-state index in [0.717, 1.165) is 0 Å². The SMILES string of the molecule is Cc1c(C(=O)Nc2ccccc2N)c(=O)n(-c2ccccc2)n1C. The van der Waals surface area contributed by atoms with E-state index in [0.29, 0.717) is 22.8 Å². The van der Waals surface area contributed by atoms with Gasteiger partial charge in [0.05, 0.1) is 22.8 Å². The van der Waals surface area contributed by atoms with Crippen molar-refractivity contribution in [1.29, 1.82) is 0 Å². The van der Waals surface area contributed by atoms with Crippen LogP contribution in [0.3, 0.4) is 0 Å². The number of nitrogen functional groups attached to an aromatic ring is 1. The standard InChI is InChI=1S/C18H18N4O2/c1-12-16(17(23)20-15-11-7-6-10-14(15)19)18(24)22(21(12)2)13-8-4-3-5-9-13/h3-11H,19H2,1-2H3,(H,20,23). The topological polar surface area (TPSA) is 82.1 Å². The zero-order chi connectivity index (χ0) is 17.3. The van der Waals surface area contributed by atoms with E-state index in [1.165, 1.54) is 4.68 Å². The number of aromatic nitrogens is 2. The zero-order valence-corrected chi connectivity index (χ0v) is 13.5. The Morgan fingerprint density at radius 3 is 2.33 bits per heavy atom. The first kappa shape index (κ1) is 15.6. The highest BCUT2D eigenvalue weighted by molar-refractivity contribution is 6.06. The maximum Gasteiger partial charge on any atom is 0.284 e. The highest BCUT2D eigenvalue weighted by Gasteiger charge is 2.22. The van der Waals surface area contributed by atoms with Gasteiger partial charge in [-0.05, 0) is 31.2 Å². The van der Waals surface area contributed by atoms with Gasteiger partial charge in [-0.3, -0.25) is 14.3 Å². The molecular formula is C18H18N4O2. The van der Waals surface area contributed by atoms with Crippen molar-refractivity contribution in [2.45, 2.75) is 6.92 Å². The van der Waals surface area contributed by atoms with Crippen molar-refractivity contribution in [3.05, 3.63) is 76.2 Å².